The predicted molar refractivity (Wildman–Crippen MR) is 123 cm³/mol. The number of nitrogens with one attached hydrogen (secondary N) is 1. The summed E-state index contributed by atoms with van der Waals surface area (Å²) in [6.45, 7) is 3.37. The summed E-state index contributed by atoms with van der Waals surface area (Å²) in [5.74, 6) is -1.27. The number of amides is 2. The van der Waals surface area contributed by atoms with Crippen molar-refractivity contribution in [3.63, 3.8) is 0 Å². The molecule has 1 fully saturated rings. The van der Waals surface area contributed by atoms with E-state index in [-0.39, 0.29) is 6.42 Å². The van der Waals surface area contributed by atoms with Crippen LogP contribution in [0.15, 0.2) is 42.0 Å². The Morgan fingerprint density at radius 1 is 1.22 bits per heavy atom. The molecule has 0 spiro atoms. The summed E-state index contributed by atoms with van der Waals surface area (Å²) in [6, 6.07) is 7.00. The smallest absolute Gasteiger partial charge is 0.280 e. The minimum absolute atomic E-state index is 0.118. The normalized spacial score (nSPS) is 17.6. The van der Waals surface area contributed by atoms with E-state index in [1.54, 1.807) is 0 Å². The van der Waals surface area contributed by atoms with Crippen LogP contribution < -0.4 is 15.4 Å². The zero-order valence-electron chi connectivity index (χ0n) is 18.0. The minimum atomic E-state index is -3.94. The first-order valence-corrected chi connectivity index (χ1v) is 12.5. The fourth-order valence-electron chi connectivity index (χ4n) is 3.43. The zero-order valence-corrected chi connectivity index (χ0v) is 19.7. The third-order valence-corrected chi connectivity index (χ3v) is 7.77. The molecule has 2 aromatic rings. The number of benzene rings is 1. The van der Waals surface area contributed by atoms with Gasteiger partial charge in [-0.1, -0.05) is 30.3 Å². The molecule has 0 radical (unpaired) electrons. The number of nitrogens with two attached hydrogens (primary N) is 1. The lowest BCUT2D eigenvalue weighted by atomic mass is 10.0. The van der Waals surface area contributed by atoms with Crippen LogP contribution in [0.3, 0.4) is 0 Å². The molecule has 3 rings (SSSR count). The Kier molecular flexibility index (Phi) is 7.96. The van der Waals surface area contributed by atoms with Crippen molar-refractivity contribution in [2.45, 2.75) is 25.4 Å². The Hall–Kier alpha value is -2.38. The third kappa shape index (κ3) is 5.90. The van der Waals surface area contributed by atoms with E-state index >= 15 is 0 Å². The molecule has 1 aliphatic rings. The van der Waals surface area contributed by atoms with Gasteiger partial charge >= 0.3 is 0 Å². The van der Waals surface area contributed by atoms with Crippen LogP contribution in [0.4, 0.5) is 5.00 Å². The van der Waals surface area contributed by atoms with Crippen molar-refractivity contribution in [3.8, 4) is 0 Å². The molecule has 32 heavy (non-hydrogen) atoms. The van der Waals surface area contributed by atoms with Crippen molar-refractivity contribution >= 4 is 38.4 Å². The van der Waals surface area contributed by atoms with Gasteiger partial charge in [-0.15, -0.1) is 11.3 Å². The molecular weight excluding hydrogens is 452 g/mol. The summed E-state index contributed by atoms with van der Waals surface area (Å²) < 4.78 is 30.2. The van der Waals surface area contributed by atoms with E-state index in [0.717, 1.165) is 5.56 Å². The van der Waals surface area contributed by atoms with Crippen molar-refractivity contribution in [3.05, 3.63) is 47.6 Å². The fraction of sp³-hybridized carbons (Fsp3) is 0.450. The molecule has 1 saturated heterocycles. The van der Waals surface area contributed by atoms with E-state index in [1.807, 2.05) is 42.3 Å². The minimum Gasteiger partial charge on any atom is -0.368 e. The van der Waals surface area contributed by atoms with E-state index in [2.05, 4.69) is 9.71 Å². The number of aromatic nitrogens is 1. The molecule has 12 heteroatoms. The molecule has 1 aliphatic heterocycles. The van der Waals surface area contributed by atoms with Crippen LogP contribution in [0.1, 0.15) is 12.5 Å². The summed E-state index contributed by atoms with van der Waals surface area (Å²) in [5.41, 5.74) is 7.80. The van der Waals surface area contributed by atoms with E-state index < -0.39 is 34.1 Å². The van der Waals surface area contributed by atoms with Gasteiger partial charge in [0.15, 0.2) is 0 Å². The van der Waals surface area contributed by atoms with Crippen LogP contribution >= 0.6 is 11.3 Å². The van der Waals surface area contributed by atoms with Crippen molar-refractivity contribution in [2.75, 3.05) is 38.1 Å². The van der Waals surface area contributed by atoms with Crippen molar-refractivity contribution < 1.29 is 18.0 Å². The average Bonchev–Trinajstić information content (AvgIpc) is 3.28. The first-order valence-electron chi connectivity index (χ1n) is 10.2. The summed E-state index contributed by atoms with van der Waals surface area (Å²) in [4.78, 5) is 32.8. The predicted octanol–water partition coefficient (Wildman–Crippen LogP) is 0.0430. The molecule has 2 atom stereocenters. The highest BCUT2D eigenvalue weighted by atomic mass is 32.2. The lowest BCUT2D eigenvalue weighted by Crippen LogP contribution is -2.58. The highest BCUT2D eigenvalue weighted by Crippen LogP contribution is 2.24. The van der Waals surface area contributed by atoms with Gasteiger partial charge in [0.25, 0.3) is 10.2 Å². The molecule has 1 aromatic heterocycles. The third-order valence-electron chi connectivity index (χ3n) is 5.37. The van der Waals surface area contributed by atoms with Crippen LogP contribution in [-0.2, 0) is 26.2 Å². The molecule has 2 heterocycles. The second-order valence-corrected chi connectivity index (χ2v) is 10.3. The number of likely N-dealkylation sites (N-methyl/N-ethyl adjacent to an activating group) is 1. The van der Waals surface area contributed by atoms with Crippen LogP contribution in [0, 0.1) is 0 Å². The van der Waals surface area contributed by atoms with Gasteiger partial charge in [0, 0.05) is 26.2 Å². The Balaban J connectivity index is 1.92. The van der Waals surface area contributed by atoms with Crippen molar-refractivity contribution in [1.82, 2.24) is 18.9 Å². The first-order chi connectivity index (χ1) is 15.2. The van der Waals surface area contributed by atoms with Gasteiger partial charge in [0.05, 0.1) is 11.7 Å². The van der Waals surface area contributed by atoms with Gasteiger partial charge in [-0.25, -0.2) is 0 Å². The Labute approximate surface area is 192 Å². The van der Waals surface area contributed by atoms with E-state index in [9.17, 15) is 18.0 Å². The van der Waals surface area contributed by atoms with E-state index in [4.69, 9.17) is 5.73 Å². The number of thiazole rings is 1. The Morgan fingerprint density at radius 3 is 2.44 bits per heavy atom. The number of primary amides is 1. The van der Waals surface area contributed by atoms with Crippen LogP contribution in [0.25, 0.3) is 0 Å². The Bertz CT molecular complexity index is 1010. The molecule has 2 amide bonds. The number of carbonyl (C=O) groups excluding carboxylic acids is 2. The maximum atomic E-state index is 13.6. The second-order valence-electron chi connectivity index (χ2n) is 7.69. The zero-order chi connectivity index (χ0) is 23.3. The molecule has 1 aromatic carbocycles. The maximum absolute atomic E-state index is 13.6. The van der Waals surface area contributed by atoms with Crippen molar-refractivity contribution in [2.24, 2.45) is 5.73 Å². The number of piperazine rings is 1. The Morgan fingerprint density at radius 2 is 1.88 bits per heavy atom. The average molecular weight is 481 g/mol. The standard InChI is InChI=1S/C20H28N6O4S2/c1-15(19(21)27)26(18-13-22-14-31-18)20(28)17(12-16-6-4-3-5-7-16)23-32(29,30)25-10-8-24(2)9-11-25/h3-7,13-15,17,23H,8-12H2,1-2H3,(H2,21,27)/t15-,17-/m0/s1. The molecule has 0 aliphatic carbocycles. The number of nitrogens with zero attached hydrogens (tertiary/aromatic N) is 4. The van der Waals surface area contributed by atoms with Gasteiger partial charge in [-0.05, 0) is 26.0 Å². The topological polar surface area (TPSA) is 129 Å². The summed E-state index contributed by atoms with van der Waals surface area (Å²) >= 11 is 1.17. The SMILES string of the molecule is C[C@@H](C(N)=O)N(C(=O)[C@H](Cc1ccccc1)NS(=O)(=O)N1CCN(C)CC1)c1cncs1. The molecule has 0 bridgehead atoms. The largest absolute Gasteiger partial charge is 0.368 e. The number of hydrogen-bond donors (Lipinski definition) is 2. The molecule has 0 saturated carbocycles. The highest BCUT2D eigenvalue weighted by Gasteiger charge is 2.36. The lowest BCUT2D eigenvalue weighted by molar-refractivity contribution is -0.125. The lowest BCUT2D eigenvalue weighted by Gasteiger charge is -2.34. The van der Waals surface area contributed by atoms with E-state index in [0.29, 0.717) is 31.2 Å². The second kappa shape index (κ2) is 10.5. The van der Waals surface area contributed by atoms with Crippen LogP contribution in [-0.4, -0.2) is 79.7 Å². The van der Waals surface area contributed by atoms with Gasteiger partial charge < -0.3 is 10.6 Å². The van der Waals surface area contributed by atoms with Crippen LogP contribution in [0.2, 0.25) is 0 Å². The van der Waals surface area contributed by atoms with Gasteiger partial charge in [0.2, 0.25) is 11.8 Å². The molecule has 3 N–H and O–H groups in total. The summed E-state index contributed by atoms with van der Waals surface area (Å²) in [6.07, 6.45) is 1.57. The number of rotatable bonds is 9. The molecule has 10 nitrogen and oxygen atoms in total. The number of hydrogen-bond acceptors (Lipinski definition) is 7. The molecule has 174 valence electrons. The monoisotopic (exact) mass is 480 g/mol. The summed E-state index contributed by atoms with van der Waals surface area (Å²) in [5, 5.41) is 0.415. The van der Waals surface area contributed by atoms with Crippen molar-refractivity contribution in [1.29, 1.82) is 0 Å². The number of anilines is 1. The fourth-order valence-corrected chi connectivity index (χ4v) is 5.48. The van der Waals surface area contributed by atoms with E-state index in [1.165, 1.54) is 39.2 Å². The first kappa shape index (κ1) is 24.3. The summed E-state index contributed by atoms with van der Waals surface area (Å²) in [7, 11) is -2.01. The quantitative estimate of drug-likeness (QED) is 0.522. The maximum Gasteiger partial charge on any atom is 0.280 e. The highest BCUT2D eigenvalue weighted by molar-refractivity contribution is 7.87. The molecular formula is C20H28N6O4S2. The van der Waals surface area contributed by atoms with Gasteiger partial charge in [-0.2, -0.15) is 17.4 Å². The van der Waals surface area contributed by atoms with Crippen LogP contribution in [0.5, 0.6) is 0 Å². The number of carbonyl (C=O) groups is 2. The van der Waals surface area contributed by atoms with Gasteiger partial charge in [-0.3, -0.25) is 19.5 Å². The molecule has 0 unspecified atom stereocenters. The van der Waals surface area contributed by atoms with Gasteiger partial charge in [0.1, 0.15) is 17.1 Å².